The number of fused-ring (bicyclic) bond motifs is 1. The quantitative estimate of drug-likeness (QED) is 0.650. The number of hydrogen-bond acceptors (Lipinski definition) is 5. The van der Waals surface area contributed by atoms with Gasteiger partial charge in [0.15, 0.2) is 0 Å². The molecule has 1 aliphatic heterocycles. The van der Waals surface area contributed by atoms with Crippen molar-refractivity contribution >= 4 is 5.91 Å². The lowest BCUT2D eigenvalue weighted by Gasteiger charge is -2.16. The minimum atomic E-state index is -2.92. The summed E-state index contributed by atoms with van der Waals surface area (Å²) in [6.07, 6.45) is -1.61. The highest BCUT2D eigenvalue weighted by molar-refractivity contribution is 5.98. The summed E-state index contributed by atoms with van der Waals surface area (Å²) in [5.74, 6) is -3.04. The molecule has 0 atom stereocenters. The monoisotopic (exact) mass is 378 g/mol. The largest absolute Gasteiger partial charge is 0.415 e. The van der Waals surface area contributed by atoms with Gasteiger partial charge < -0.3 is 9.32 Å². The van der Waals surface area contributed by atoms with Crippen LogP contribution in [0.15, 0.2) is 34.9 Å². The van der Waals surface area contributed by atoms with E-state index in [1.54, 1.807) is 0 Å². The average molecular weight is 378 g/mol. The fourth-order valence-electron chi connectivity index (χ4n) is 2.79. The molecule has 6 nitrogen and oxygen atoms in total. The summed E-state index contributed by atoms with van der Waals surface area (Å²) in [5, 5.41) is 6.73. The number of alkyl halides is 2. The third-order valence-electron chi connectivity index (χ3n) is 4.11. The van der Waals surface area contributed by atoms with Crippen molar-refractivity contribution in [2.75, 3.05) is 0 Å². The lowest BCUT2D eigenvalue weighted by molar-refractivity contribution is 0.0763. The van der Waals surface area contributed by atoms with E-state index in [0.717, 1.165) is 12.1 Å². The van der Waals surface area contributed by atoms with Gasteiger partial charge in [-0.2, -0.15) is 8.78 Å². The van der Waals surface area contributed by atoms with Crippen LogP contribution in [0.2, 0.25) is 0 Å². The lowest BCUT2D eigenvalue weighted by atomic mass is 10.1. The van der Waals surface area contributed by atoms with E-state index in [-0.39, 0.29) is 35.7 Å². The van der Waals surface area contributed by atoms with E-state index in [1.165, 1.54) is 23.2 Å². The molecular weight excluding hydrogens is 368 g/mol. The molecular formula is C17H10F4N4O2. The van der Waals surface area contributed by atoms with Crippen LogP contribution in [0.5, 0.6) is 0 Å². The number of nitrogens with zero attached hydrogens (tertiary/aromatic N) is 4. The summed E-state index contributed by atoms with van der Waals surface area (Å²) in [6, 6.07) is 4.84. The number of carbonyl (C=O) groups is 1. The van der Waals surface area contributed by atoms with Crippen molar-refractivity contribution in [3.05, 3.63) is 64.8 Å². The Hall–Kier alpha value is -3.30. The van der Waals surface area contributed by atoms with Crippen LogP contribution in [0, 0.1) is 11.6 Å². The first-order valence-electron chi connectivity index (χ1n) is 7.77. The number of aromatic nitrogens is 3. The standard InChI is InChI=1S/C17H10F4N4O2/c18-11-2-1-3-12(19)10(11)6-25-7-13-9(17(25)26)4-8(5-22-13)15-23-24-16(27-15)14(20)21/h1-5,14H,6-7H2. The van der Waals surface area contributed by atoms with E-state index >= 15 is 0 Å². The van der Waals surface area contributed by atoms with Crippen LogP contribution in [0.4, 0.5) is 17.6 Å². The first-order chi connectivity index (χ1) is 12.9. The number of amides is 1. The fraction of sp³-hybridized carbons (Fsp3) is 0.176. The minimum Gasteiger partial charge on any atom is -0.415 e. The van der Waals surface area contributed by atoms with E-state index in [2.05, 4.69) is 15.2 Å². The summed E-state index contributed by atoms with van der Waals surface area (Å²) >= 11 is 0. The van der Waals surface area contributed by atoms with Crippen LogP contribution in [0.3, 0.4) is 0 Å². The minimum absolute atomic E-state index is 0.0638. The second kappa shape index (κ2) is 6.45. The Morgan fingerprint density at radius 2 is 1.93 bits per heavy atom. The molecule has 10 heteroatoms. The fourth-order valence-corrected chi connectivity index (χ4v) is 2.79. The molecule has 0 unspecified atom stereocenters. The summed E-state index contributed by atoms with van der Waals surface area (Å²) < 4.78 is 57.6. The number of pyridine rings is 1. The topological polar surface area (TPSA) is 72.1 Å². The molecule has 0 fully saturated rings. The molecule has 1 aliphatic rings. The second-order valence-corrected chi connectivity index (χ2v) is 5.83. The van der Waals surface area contributed by atoms with Gasteiger partial charge in [-0.1, -0.05) is 6.07 Å². The molecule has 0 saturated heterocycles. The van der Waals surface area contributed by atoms with E-state index in [9.17, 15) is 22.4 Å². The van der Waals surface area contributed by atoms with Crippen molar-refractivity contribution in [2.45, 2.75) is 19.5 Å². The highest BCUT2D eigenvalue weighted by Crippen LogP contribution is 2.29. The molecule has 0 bridgehead atoms. The van der Waals surface area contributed by atoms with E-state index < -0.39 is 29.9 Å². The van der Waals surface area contributed by atoms with E-state index in [0.29, 0.717) is 5.69 Å². The Morgan fingerprint density at radius 3 is 2.59 bits per heavy atom. The Kier molecular flexibility index (Phi) is 4.09. The van der Waals surface area contributed by atoms with Gasteiger partial charge in [0.05, 0.1) is 29.9 Å². The normalized spacial score (nSPS) is 13.5. The van der Waals surface area contributed by atoms with Gasteiger partial charge in [-0.25, -0.2) is 8.78 Å². The van der Waals surface area contributed by atoms with Gasteiger partial charge >= 0.3 is 6.43 Å². The van der Waals surface area contributed by atoms with Gasteiger partial charge in [0.2, 0.25) is 5.89 Å². The van der Waals surface area contributed by atoms with Crippen molar-refractivity contribution in [1.82, 2.24) is 20.1 Å². The van der Waals surface area contributed by atoms with Crippen LogP contribution < -0.4 is 0 Å². The molecule has 2 aromatic heterocycles. The van der Waals surface area contributed by atoms with Crippen molar-refractivity contribution < 1.29 is 26.8 Å². The zero-order chi connectivity index (χ0) is 19.1. The summed E-state index contributed by atoms with van der Waals surface area (Å²) in [4.78, 5) is 17.9. The van der Waals surface area contributed by atoms with Gasteiger partial charge in [-0.05, 0) is 18.2 Å². The highest BCUT2D eigenvalue weighted by Gasteiger charge is 2.31. The molecule has 138 valence electrons. The van der Waals surface area contributed by atoms with E-state index in [4.69, 9.17) is 4.42 Å². The zero-order valence-corrected chi connectivity index (χ0v) is 13.5. The van der Waals surface area contributed by atoms with Crippen molar-refractivity contribution in [1.29, 1.82) is 0 Å². The number of halogens is 4. The summed E-state index contributed by atoms with van der Waals surface area (Å²) in [6.45, 7) is -0.201. The Labute approximate surface area is 149 Å². The highest BCUT2D eigenvalue weighted by atomic mass is 19.3. The number of benzene rings is 1. The van der Waals surface area contributed by atoms with Gasteiger partial charge in [-0.15, -0.1) is 10.2 Å². The molecule has 0 spiro atoms. The Bertz CT molecular complexity index is 1020. The van der Waals surface area contributed by atoms with Crippen LogP contribution >= 0.6 is 0 Å². The maximum Gasteiger partial charge on any atom is 0.314 e. The smallest absolute Gasteiger partial charge is 0.314 e. The molecule has 1 amide bonds. The molecule has 3 aromatic rings. The molecule has 27 heavy (non-hydrogen) atoms. The van der Waals surface area contributed by atoms with E-state index in [1.807, 2.05) is 0 Å². The third-order valence-corrected chi connectivity index (χ3v) is 4.11. The number of carbonyl (C=O) groups excluding carboxylic acids is 1. The number of hydrogen-bond donors (Lipinski definition) is 0. The molecule has 0 N–H and O–H groups in total. The average Bonchev–Trinajstić information content (AvgIpc) is 3.24. The second-order valence-electron chi connectivity index (χ2n) is 5.83. The SMILES string of the molecule is O=C1c2cc(-c3nnc(C(F)F)o3)cnc2CN1Cc1c(F)cccc1F. The Morgan fingerprint density at radius 1 is 1.19 bits per heavy atom. The van der Waals surface area contributed by atoms with Crippen LogP contribution in [-0.2, 0) is 13.1 Å². The van der Waals surface area contributed by atoms with Crippen LogP contribution in [0.1, 0.15) is 33.9 Å². The van der Waals surface area contributed by atoms with Gasteiger partial charge in [-0.3, -0.25) is 9.78 Å². The molecule has 1 aromatic carbocycles. The van der Waals surface area contributed by atoms with Gasteiger partial charge in [0.25, 0.3) is 11.8 Å². The first kappa shape index (κ1) is 17.1. The maximum atomic E-state index is 13.8. The van der Waals surface area contributed by atoms with Gasteiger partial charge in [0.1, 0.15) is 11.6 Å². The van der Waals surface area contributed by atoms with Crippen LogP contribution in [-0.4, -0.2) is 26.0 Å². The predicted octanol–water partition coefficient (Wildman–Crippen LogP) is 3.50. The lowest BCUT2D eigenvalue weighted by Crippen LogP contribution is -2.24. The zero-order valence-electron chi connectivity index (χ0n) is 13.5. The first-order valence-corrected chi connectivity index (χ1v) is 7.77. The maximum absolute atomic E-state index is 13.8. The van der Waals surface area contributed by atoms with Gasteiger partial charge in [0, 0.05) is 11.8 Å². The van der Waals surface area contributed by atoms with Crippen molar-refractivity contribution in [3.8, 4) is 11.5 Å². The molecule has 0 radical (unpaired) electrons. The molecule has 3 heterocycles. The van der Waals surface area contributed by atoms with Crippen molar-refractivity contribution in [3.63, 3.8) is 0 Å². The number of rotatable bonds is 4. The van der Waals surface area contributed by atoms with Crippen molar-refractivity contribution in [2.24, 2.45) is 0 Å². The predicted molar refractivity (Wildman–Crippen MR) is 82.4 cm³/mol. The molecule has 4 rings (SSSR count). The van der Waals surface area contributed by atoms with Crippen LogP contribution in [0.25, 0.3) is 11.5 Å². The molecule has 0 aliphatic carbocycles. The third kappa shape index (κ3) is 3.03. The Balaban J connectivity index is 1.61. The summed E-state index contributed by atoms with van der Waals surface area (Å²) in [5.41, 5.74) is 0.549. The molecule has 0 saturated carbocycles. The summed E-state index contributed by atoms with van der Waals surface area (Å²) in [7, 11) is 0.